The molecule has 1 amide bonds. The van der Waals surface area contributed by atoms with E-state index in [2.05, 4.69) is 0 Å². The topological polar surface area (TPSA) is 57.7 Å². The van der Waals surface area contributed by atoms with Crippen LogP contribution in [0, 0.1) is 0 Å². The fourth-order valence-corrected chi connectivity index (χ4v) is 4.64. The highest BCUT2D eigenvalue weighted by Gasteiger charge is 2.28. The Labute approximate surface area is 139 Å². The minimum absolute atomic E-state index is 0.0568. The fourth-order valence-electron chi connectivity index (χ4n) is 3.08. The van der Waals surface area contributed by atoms with E-state index in [1.165, 1.54) is 10.4 Å². The maximum Gasteiger partial charge on any atom is 0.254 e. The first-order valence-electron chi connectivity index (χ1n) is 8.18. The van der Waals surface area contributed by atoms with E-state index in [4.69, 9.17) is 0 Å². The molecule has 0 N–H and O–H groups in total. The molecular weight excluding hydrogens is 312 g/mol. The molecule has 0 unspecified atom stereocenters. The molecule has 0 atom stereocenters. The van der Waals surface area contributed by atoms with Crippen LogP contribution in [0.2, 0.25) is 0 Å². The van der Waals surface area contributed by atoms with Crippen LogP contribution in [0.1, 0.15) is 50.9 Å². The summed E-state index contributed by atoms with van der Waals surface area (Å²) in [5, 5.41) is 0. The Morgan fingerprint density at radius 1 is 1.09 bits per heavy atom. The molecule has 0 bridgehead atoms. The summed E-state index contributed by atoms with van der Waals surface area (Å²) in [5.41, 5.74) is 0.424. The lowest BCUT2D eigenvalue weighted by Crippen LogP contribution is -2.42. The number of hydrogen-bond acceptors (Lipinski definition) is 3. The molecule has 1 fully saturated rings. The third-order valence-corrected chi connectivity index (χ3v) is 6.03. The van der Waals surface area contributed by atoms with Gasteiger partial charge in [-0.1, -0.05) is 6.07 Å². The second-order valence-corrected chi connectivity index (χ2v) is 8.48. The summed E-state index contributed by atoms with van der Waals surface area (Å²) in [6, 6.07) is 6.52. The lowest BCUT2D eigenvalue weighted by molar-refractivity contribution is 0.0643. The Kier molecular flexibility index (Phi) is 5.47. The molecule has 0 aliphatic carbocycles. The van der Waals surface area contributed by atoms with E-state index in [0.717, 1.165) is 12.8 Å². The number of hydrogen-bond donors (Lipinski definition) is 0. The van der Waals surface area contributed by atoms with E-state index in [1.807, 2.05) is 27.7 Å². The number of benzene rings is 1. The molecular formula is C17H26N2O3S. The van der Waals surface area contributed by atoms with Crippen molar-refractivity contribution in [2.45, 2.75) is 57.5 Å². The summed E-state index contributed by atoms with van der Waals surface area (Å²) in [5.74, 6) is -0.131. The van der Waals surface area contributed by atoms with E-state index in [9.17, 15) is 13.2 Å². The molecule has 128 valence electrons. The molecule has 23 heavy (non-hydrogen) atoms. The molecule has 5 nitrogen and oxygen atoms in total. The van der Waals surface area contributed by atoms with E-state index in [1.54, 1.807) is 23.1 Å². The molecule has 1 aromatic rings. The standard InChI is InChI=1S/C17H26N2O3S/c1-13(2)19(14(3)4)17(20)15-8-7-9-16(12-15)23(21,22)18-10-5-6-11-18/h7-9,12-14H,5-6,10-11H2,1-4H3. The van der Waals surface area contributed by atoms with E-state index in [-0.39, 0.29) is 22.9 Å². The highest BCUT2D eigenvalue weighted by atomic mass is 32.2. The van der Waals surface area contributed by atoms with Crippen molar-refractivity contribution >= 4 is 15.9 Å². The van der Waals surface area contributed by atoms with Crippen molar-refractivity contribution in [3.05, 3.63) is 29.8 Å². The maximum atomic E-state index is 12.7. The SMILES string of the molecule is CC(C)N(C(=O)c1cccc(S(=O)(=O)N2CCCC2)c1)C(C)C. The van der Waals surface area contributed by atoms with E-state index >= 15 is 0 Å². The molecule has 1 aromatic carbocycles. The molecule has 1 aliphatic rings. The highest BCUT2D eigenvalue weighted by Crippen LogP contribution is 2.22. The van der Waals surface area contributed by atoms with Gasteiger partial charge >= 0.3 is 0 Å². The lowest BCUT2D eigenvalue weighted by atomic mass is 10.1. The van der Waals surface area contributed by atoms with Crippen molar-refractivity contribution in [3.63, 3.8) is 0 Å². The first-order valence-corrected chi connectivity index (χ1v) is 9.62. The average molecular weight is 338 g/mol. The van der Waals surface area contributed by atoms with Crippen LogP contribution in [-0.4, -0.2) is 48.7 Å². The van der Waals surface area contributed by atoms with Gasteiger partial charge in [0.25, 0.3) is 5.91 Å². The van der Waals surface area contributed by atoms with Gasteiger partial charge in [0.2, 0.25) is 10.0 Å². The first-order chi connectivity index (χ1) is 10.7. The number of amides is 1. The second kappa shape index (κ2) is 7.01. The van der Waals surface area contributed by atoms with Crippen molar-refractivity contribution in [1.29, 1.82) is 0 Å². The van der Waals surface area contributed by atoms with Crippen molar-refractivity contribution < 1.29 is 13.2 Å². The summed E-state index contributed by atoms with van der Waals surface area (Å²) in [4.78, 5) is 14.7. The number of nitrogens with zero attached hydrogens (tertiary/aromatic N) is 2. The predicted octanol–water partition coefficient (Wildman–Crippen LogP) is 2.73. The summed E-state index contributed by atoms with van der Waals surface area (Å²) in [6.07, 6.45) is 1.79. The monoisotopic (exact) mass is 338 g/mol. The Morgan fingerprint density at radius 3 is 2.17 bits per heavy atom. The molecule has 0 saturated carbocycles. The lowest BCUT2D eigenvalue weighted by Gasteiger charge is -2.31. The number of sulfonamides is 1. The third-order valence-electron chi connectivity index (χ3n) is 4.13. The largest absolute Gasteiger partial charge is 0.334 e. The van der Waals surface area contributed by atoms with Crippen LogP contribution >= 0.6 is 0 Å². The van der Waals surface area contributed by atoms with Crippen LogP contribution in [0.3, 0.4) is 0 Å². The normalized spacial score (nSPS) is 16.3. The van der Waals surface area contributed by atoms with Gasteiger partial charge in [0.15, 0.2) is 0 Å². The molecule has 1 aliphatic heterocycles. The fraction of sp³-hybridized carbons (Fsp3) is 0.588. The predicted molar refractivity (Wildman–Crippen MR) is 90.9 cm³/mol. The zero-order valence-corrected chi connectivity index (χ0v) is 15.1. The average Bonchev–Trinajstić information content (AvgIpc) is 3.01. The van der Waals surface area contributed by atoms with E-state index in [0.29, 0.717) is 18.7 Å². The number of rotatable bonds is 5. The van der Waals surface area contributed by atoms with Crippen molar-refractivity contribution in [2.75, 3.05) is 13.1 Å². The van der Waals surface area contributed by atoms with Gasteiger partial charge in [0, 0.05) is 30.7 Å². The van der Waals surface area contributed by atoms with Crippen LogP contribution in [0.15, 0.2) is 29.2 Å². The number of carbonyl (C=O) groups excluding carboxylic acids is 1. The first kappa shape index (κ1) is 17.9. The highest BCUT2D eigenvalue weighted by molar-refractivity contribution is 7.89. The van der Waals surface area contributed by atoms with Gasteiger partial charge in [-0.05, 0) is 58.7 Å². The smallest absolute Gasteiger partial charge is 0.254 e. The Bertz CT molecular complexity index is 654. The van der Waals surface area contributed by atoms with Gasteiger partial charge in [-0.15, -0.1) is 0 Å². The minimum atomic E-state index is -3.50. The molecule has 0 aromatic heterocycles. The Hall–Kier alpha value is -1.40. The molecule has 1 saturated heterocycles. The van der Waals surface area contributed by atoms with Gasteiger partial charge in [0.05, 0.1) is 4.90 Å². The van der Waals surface area contributed by atoms with Gasteiger partial charge in [-0.25, -0.2) is 8.42 Å². The molecule has 6 heteroatoms. The summed E-state index contributed by atoms with van der Waals surface area (Å²) < 4.78 is 26.8. The second-order valence-electron chi connectivity index (χ2n) is 6.54. The summed E-state index contributed by atoms with van der Waals surface area (Å²) in [7, 11) is -3.50. The van der Waals surface area contributed by atoms with Gasteiger partial charge < -0.3 is 4.90 Å². The van der Waals surface area contributed by atoms with Crippen LogP contribution in [0.25, 0.3) is 0 Å². The maximum absolute atomic E-state index is 12.7. The van der Waals surface area contributed by atoms with Gasteiger partial charge in [-0.2, -0.15) is 4.31 Å². The van der Waals surface area contributed by atoms with Gasteiger partial charge in [-0.3, -0.25) is 4.79 Å². The summed E-state index contributed by atoms with van der Waals surface area (Å²) in [6.45, 7) is 8.96. The molecule has 0 radical (unpaired) electrons. The zero-order chi connectivity index (χ0) is 17.2. The molecule has 1 heterocycles. The van der Waals surface area contributed by atoms with Crippen molar-refractivity contribution in [2.24, 2.45) is 0 Å². The quantitative estimate of drug-likeness (QED) is 0.829. The number of carbonyl (C=O) groups is 1. The zero-order valence-electron chi connectivity index (χ0n) is 14.3. The van der Waals surface area contributed by atoms with Crippen LogP contribution in [0.5, 0.6) is 0 Å². The molecule has 0 spiro atoms. The van der Waals surface area contributed by atoms with Crippen LogP contribution in [0.4, 0.5) is 0 Å². The molecule has 2 rings (SSSR count). The Balaban J connectivity index is 2.34. The third kappa shape index (κ3) is 3.75. The van der Waals surface area contributed by atoms with Crippen LogP contribution in [-0.2, 0) is 10.0 Å². The Morgan fingerprint density at radius 2 is 1.65 bits per heavy atom. The summed E-state index contributed by atoms with van der Waals surface area (Å²) >= 11 is 0. The van der Waals surface area contributed by atoms with Crippen molar-refractivity contribution in [3.8, 4) is 0 Å². The minimum Gasteiger partial charge on any atom is -0.334 e. The van der Waals surface area contributed by atoms with Crippen LogP contribution < -0.4 is 0 Å². The van der Waals surface area contributed by atoms with E-state index < -0.39 is 10.0 Å². The van der Waals surface area contributed by atoms with Crippen molar-refractivity contribution in [1.82, 2.24) is 9.21 Å². The van der Waals surface area contributed by atoms with Gasteiger partial charge in [0.1, 0.15) is 0 Å².